The average molecular weight is 322 g/mol. The van der Waals surface area contributed by atoms with Crippen molar-refractivity contribution in [1.29, 1.82) is 0 Å². The normalized spacial score (nSPS) is 26.9. The summed E-state index contributed by atoms with van der Waals surface area (Å²) in [6.07, 6.45) is 3.26. The van der Waals surface area contributed by atoms with Gasteiger partial charge < -0.3 is 5.32 Å². The van der Waals surface area contributed by atoms with Crippen LogP contribution in [0.5, 0.6) is 0 Å². The van der Waals surface area contributed by atoms with Gasteiger partial charge >= 0.3 is 0 Å². The summed E-state index contributed by atoms with van der Waals surface area (Å²) in [7, 11) is -3.35. The molecule has 1 aromatic carbocycles. The molecule has 1 atom stereocenters. The molecule has 0 amide bonds. The van der Waals surface area contributed by atoms with Crippen molar-refractivity contribution in [2.45, 2.75) is 43.9 Å². The highest BCUT2D eigenvalue weighted by atomic mass is 32.2. The molecule has 2 heterocycles. The van der Waals surface area contributed by atoms with E-state index in [-0.39, 0.29) is 5.41 Å². The molecule has 5 heteroatoms. The van der Waals surface area contributed by atoms with Crippen molar-refractivity contribution < 1.29 is 8.42 Å². The zero-order valence-corrected chi connectivity index (χ0v) is 14.3. The molecule has 1 N–H and O–H groups in total. The smallest absolute Gasteiger partial charge is 0.243 e. The molecule has 2 fully saturated rings. The largest absolute Gasteiger partial charge is 0.316 e. The fourth-order valence-electron chi connectivity index (χ4n) is 3.65. The zero-order valence-electron chi connectivity index (χ0n) is 13.5. The van der Waals surface area contributed by atoms with Crippen molar-refractivity contribution >= 4 is 10.0 Å². The molecule has 2 aliphatic rings. The van der Waals surface area contributed by atoms with Gasteiger partial charge in [-0.25, -0.2) is 8.42 Å². The lowest BCUT2D eigenvalue weighted by atomic mass is 9.80. The van der Waals surface area contributed by atoms with Gasteiger partial charge in [0.1, 0.15) is 0 Å². The van der Waals surface area contributed by atoms with Crippen LogP contribution in [0, 0.1) is 5.41 Å². The Labute approximate surface area is 134 Å². The Kier molecular flexibility index (Phi) is 4.32. The van der Waals surface area contributed by atoms with Gasteiger partial charge in [-0.05, 0) is 54.8 Å². The monoisotopic (exact) mass is 322 g/mol. The molecule has 2 saturated heterocycles. The molecule has 0 unspecified atom stereocenters. The summed E-state index contributed by atoms with van der Waals surface area (Å²) in [5, 5.41) is 3.43. The van der Waals surface area contributed by atoms with E-state index in [1.165, 1.54) is 5.56 Å². The van der Waals surface area contributed by atoms with E-state index in [0.29, 0.717) is 23.9 Å². The van der Waals surface area contributed by atoms with E-state index < -0.39 is 10.0 Å². The molecule has 4 nitrogen and oxygen atoms in total. The summed E-state index contributed by atoms with van der Waals surface area (Å²) in [5.74, 6) is 0.417. The number of rotatable bonds is 3. The standard InChI is InChI=1S/C17H26N2O2S/c1-14(2)15-4-6-16(7-5-15)22(20,21)19-11-9-17(13-19)8-3-10-18-12-17/h4-7,14,18H,3,8-13H2,1-2H3/t17-/m0/s1. The zero-order chi connectivity index (χ0) is 15.8. The third-order valence-electron chi connectivity index (χ3n) is 5.15. The number of nitrogens with zero attached hydrogens (tertiary/aromatic N) is 1. The van der Waals surface area contributed by atoms with Crippen molar-refractivity contribution in [2.75, 3.05) is 26.2 Å². The Morgan fingerprint density at radius 1 is 1.18 bits per heavy atom. The minimum atomic E-state index is -3.35. The summed E-state index contributed by atoms with van der Waals surface area (Å²) < 4.78 is 27.4. The van der Waals surface area contributed by atoms with Gasteiger partial charge in [0.2, 0.25) is 10.0 Å². The molecule has 3 rings (SSSR count). The Hall–Kier alpha value is -0.910. The third kappa shape index (κ3) is 2.94. The third-order valence-corrected chi connectivity index (χ3v) is 7.01. The summed E-state index contributed by atoms with van der Waals surface area (Å²) >= 11 is 0. The van der Waals surface area contributed by atoms with Crippen LogP contribution in [-0.4, -0.2) is 38.9 Å². The summed E-state index contributed by atoms with van der Waals surface area (Å²) in [5.41, 5.74) is 1.33. The quantitative estimate of drug-likeness (QED) is 0.930. The van der Waals surface area contributed by atoms with Crippen LogP contribution >= 0.6 is 0 Å². The molecule has 2 aliphatic heterocycles. The Balaban J connectivity index is 1.78. The fraction of sp³-hybridized carbons (Fsp3) is 0.647. The maximum Gasteiger partial charge on any atom is 0.243 e. The van der Waals surface area contributed by atoms with Crippen LogP contribution < -0.4 is 5.32 Å². The maximum atomic E-state index is 12.8. The first-order valence-electron chi connectivity index (χ1n) is 8.24. The number of sulfonamides is 1. The first kappa shape index (κ1) is 16.0. The van der Waals surface area contributed by atoms with E-state index in [4.69, 9.17) is 0 Å². The molecule has 0 bridgehead atoms. The van der Waals surface area contributed by atoms with Crippen molar-refractivity contribution in [2.24, 2.45) is 5.41 Å². The molecule has 122 valence electrons. The van der Waals surface area contributed by atoms with Gasteiger partial charge in [0.15, 0.2) is 0 Å². The lowest BCUT2D eigenvalue weighted by Gasteiger charge is -2.33. The number of nitrogens with one attached hydrogen (secondary N) is 1. The lowest BCUT2D eigenvalue weighted by Crippen LogP contribution is -2.42. The lowest BCUT2D eigenvalue weighted by molar-refractivity contribution is 0.224. The fourth-order valence-corrected chi connectivity index (χ4v) is 5.21. The molecular formula is C17H26N2O2S. The summed E-state index contributed by atoms with van der Waals surface area (Å²) in [4.78, 5) is 0.428. The van der Waals surface area contributed by atoms with E-state index in [1.807, 2.05) is 12.1 Å². The van der Waals surface area contributed by atoms with Crippen LogP contribution in [0.25, 0.3) is 0 Å². The van der Waals surface area contributed by atoms with E-state index in [2.05, 4.69) is 19.2 Å². The molecule has 0 aliphatic carbocycles. The van der Waals surface area contributed by atoms with Crippen LogP contribution in [0.4, 0.5) is 0 Å². The van der Waals surface area contributed by atoms with Crippen LogP contribution in [0.1, 0.15) is 44.6 Å². The van der Waals surface area contributed by atoms with Gasteiger partial charge in [0.25, 0.3) is 0 Å². The number of benzene rings is 1. The van der Waals surface area contributed by atoms with E-state index in [0.717, 1.165) is 32.4 Å². The summed E-state index contributed by atoms with van der Waals surface area (Å²) in [6.45, 7) is 7.55. The van der Waals surface area contributed by atoms with Gasteiger partial charge in [-0.2, -0.15) is 4.31 Å². The van der Waals surface area contributed by atoms with Gasteiger partial charge in [0, 0.05) is 19.6 Å². The first-order valence-corrected chi connectivity index (χ1v) is 9.68. The van der Waals surface area contributed by atoms with Crippen LogP contribution in [0.15, 0.2) is 29.2 Å². The van der Waals surface area contributed by atoms with Gasteiger partial charge in [-0.15, -0.1) is 0 Å². The minimum Gasteiger partial charge on any atom is -0.316 e. The molecule has 0 aromatic heterocycles. The molecule has 1 aromatic rings. The SMILES string of the molecule is CC(C)c1ccc(S(=O)(=O)N2CC[C@]3(CCCNC3)C2)cc1. The summed E-state index contributed by atoms with van der Waals surface area (Å²) in [6, 6.07) is 7.39. The molecule has 1 spiro atoms. The number of hydrogen-bond acceptors (Lipinski definition) is 3. The molecule has 0 radical (unpaired) electrons. The minimum absolute atomic E-state index is 0.156. The average Bonchev–Trinajstić information content (AvgIpc) is 2.92. The van der Waals surface area contributed by atoms with E-state index in [9.17, 15) is 8.42 Å². The van der Waals surface area contributed by atoms with E-state index >= 15 is 0 Å². The highest BCUT2D eigenvalue weighted by Gasteiger charge is 2.43. The second-order valence-electron chi connectivity index (χ2n) is 7.09. The predicted octanol–water partition coefficient (Wildman–Crippen LogP) is 2.57. The maximum absolute atomic E-state index is 12.8. The Morgan fingerprint density at radius 3 is 2.50 bits per heavy atom. The molecule has 22 heavy (non-hydrogen) atoms. The number of hydrogen-bond donors (Lipinski definition) is 1. The van der Waals surface area contributed by atoms with Gasteiger partial charge in [-0.3, -0.25) is 0 Å². The second-order valence-corrected chi connectivity index (χ2v) is 9.03. The highest BCUT2D eigenvalue weighted by molar-refractivity contribution is 7.89. The second kappa shape index (κ2) is 5.95. The van der Waals surface area contributed by atoms with Crippen LogP contribution in [-0.2, 0) is 10.0 Å². The predicted molar refractivity (Wildman–Crippen MR) is 88.4 cm³/mol. The van der Waals surface area contributed by atoms with Gasteiger partial charge in [0.05, 0.1) is 4.90 Å². The molecular weight excluding hydrogens is 296 g/mol. The van der Waals surface area contributed by atoms with E-state index in [1.54, 1.807) is 16.4 Å². The van der Waals surface area contributed by atoms with Crippen LogP contribution in [0.2, 0.25) is 0 Å². The topological polar surface area (TPSA) is 49.4 Å². The van der Waals surface area contributed by atoms with Crippen molar-refractivity contribution in [1.82, 2.24) is 9.62 Å². The van der Waals surface area contributed by atoms with Gasteiger partial charge in [-0.1, -0.05) is 26.0 Å². The Morgan fingerprint density at radius 2 is 1.91 bits per heavy atom. The van der Waals surface area contributed by atoms with Crippen molar-refractivity contribution in [3.05, 3.63) is 29.8 Å². The highest BCUT2D eigenvalue weighted by Crippen LogP contribution is 2.38. The Bertz CT molecular complexity index is 617. The van der Waals surface area contributed by atoms with Crippen LogP contribution in [0.3, 0.4) is 0 Å². The van der Waals surface area contributed by atoms with Crippen molar-refractivity contribution in [3.8, 4) is 0 Å². The first-order chi connectivity index (χ1) is 10.4. The number of piperidine rings is 1. The molecule has 0 saturated carbocycles. The van der Waals surface area contributed by atoms with Crippen molar-refractivity contribution in [3.63, 3.8) is 0 Å².